The van der Waals surface area contributed by atoms with Crippen LogP contribution in [0.5, 0.6) is 0 Å². The Bertz CT molecular complexity index is 429. The largest absolute Gasteiger partial charge is 0.416 e. The molecule has 1 aromatic rings. The molecule has 1 rings (SSSR count). The fourth-order valence-electron chi connectivity index (χ4n) is 1.48. The number of rotatable bonds is 3. The van der Waals surface area contributed by atoms with Gasteiger partial charge < -0.3 is 16.0 Å². The molecule has 1 unspecified atom stereocenters. The van der Waals surface area contributed by atoms with Crippen molar-refractivity contribution in [3.63, 3.8) is 0 Å². The van der Waals surface area contributed by atoms with Crippen LogP contribution in [0.3, 0.4) is 0 Å². The van der Waals surface area contributed by atoms with Crippen molar-refractivity contribution in [1.29, 1.82) is 0 Å². The Kier molecular flexibility index (Phi) is 4.77. The molecule has 1 aromatic carbocycles. The van der Waals surface area contributed by atoms with Gasteiger partial charge in [0.15, 0.2) is 0 Å². The van der Waals surface area contributed by atoms with E-state index in [9.17, 15) is 18.0 Å². The number of hydrogen-bond acceptors (Lipinski definition) is 2. The number of alkyl halides is 3. The number of likely N-dealkylation sites (N-methyl/N-ethyl adjacent to an activating group) is 1. The van der Waals surface area contributed by atoms with E-state index in [1.807, 2.05) is 0 Å². The summed E-state index contributed by atoms with van der Waals surface area (Å²) in [7, 11) is 1.56. The molecule has 2 amide bonds. The van der Waals surface area contributed by atoms with Crippen molar-refractivity contribution in [3.05, 3.63) is 29.8 Å². The fraction of sp³-hybridized carbons (Fsp3) is 0.417. The molecule has 0 saturated carbocycles. The minimum Gasteiger partial charge on any atom is -0.326 e. The van der Waals surface area contributed by atoms with E-state index in [0.717, 1.165) is 12.1 Å². The third-order valence-electron chi connectivity index (χ3n) is 2.37. The number of amides is 2. The van der Waals surface area contributed by atoms with Gasteiger partial charge >= 0.3 is 12.2 Å². The number of carbonyl (C=O) groups is 1. The first-order valence-corrected chi connectivity index (χ1v) is 5.65. The monoisotopic (exact) mass is 275 g/mol. The van der Waals surface area contributed by atoms with Crippen molar-refractivity contribution >= 4 is 11.7 Å². The molecule has 0 aromatic heterocycles. The summed E-state index contributed by atoms with van der Waals surface area (Å²) in [6.07, 6.45) is -4.38. The number of hydrogen-bond donors (Lipinski definition) is 2. The van der Waals surface area contributed by atoms with Gasteiger partial charge in [0.1, 0.15) is 0 Å². The third-order valence-corrected chi connectivity index (χ3v) is 2.37. The molecule has 0 fully saturated rings. The molecule has 7 heteroatoms. The minimum atomic E-state index is -4.38. The molecular formula is C12H16F3N3O. The summed E-state index contributed by atoms with van der Waals surface area (Å²) in [6.45, 7) is 2.11. The lowest BCUT2D eigenvalue weighted by Crippen LogP contribution is -2.39. The van der Waals surface area contributed by atoms with Crippen LogP contribution in [0.4, 0.5) is 23.7 Å². The van der Waals surface area contributed by atoms with Crippen molar-refractivity contribution in [3.8, 4) is 0 Å². The first kappa shape index (κ1) is 15.3. The summed E-state index contributed by atoms with van der Waals surface area (Å²) in [6, 6.07) is 3.66. The molecular weight excluding hydrogens is 259 g/mol. The van der Waals surface area contributed by atoms with Crippen LogP contribution >= 0.6 is 0 Å². The Hall–Kier alpha value is -1.76. The smallest absolute Gasteiger partial charge is 0.326 e. The summed E-state index contributed by atoms with van der Waals surface area (Å²) < 4.78 is 37.0. The van der Waals surface area contributed by atoms with E-state index < -0.39 is 17.8 Å². The molecule has 0 aliphatic rings. The van der Waals surface area contributed by atoms with Crippen LogP contribution in [0, 0.1) is 0 Å². The SMILES string of the molecule is CC(N)CN(C)C(=O)Nc1ccc(C(F)(F)F)cc1. The van der Waals surface area contributed by atoms with E-state index >= 15 is 0 Å². The molecule has 19 heavy (non-hydrogen) atoms. The van der Waals surface area contributed by atoms with Crippen LogP contribution in [0.25, 0.3) is 0 Å². The van der Waals surface area contributed by atoms with Crippen LogP contribution in [0.1, 0.15) is 12.5 Å². The maximum atomic E-state index is 12.3. The van der Waals surface area contributed by atoms with Crippen LogP contribution in [-0.2, 0) is 6.18 Å². The quantitative estimate of drug-likeness (QED) is 0.890. The van der Waals surface area contributed by atoms with Gasteiger partial charge in [-0.15, -0.1) is 0 Å². The number of urea groups is 1. The highest BCUT2D eigenvalue weighted by atomic mass is 19.4. The lowest BCUT2D eigenvalue weighted by Gasteiger charge is -2.20. The zero-order valence-corrected chi connectivity index (χ0v) is 10.7. The first-order valence-electron chi connectivity index (χ1n) is 5.65. The number of anilines is 1. The molecule has 0 radical (unpaired) electrons. The van der Waals surface area contributed by atoms with Gasteiger partial charge in [-0.05, 0) is 31.2 Å². The summed E-state index contributed by atoms with van der Waals surface area (Å²) >= 11 is 0. The van der Waals surface area contributed by atoms with Gasteiger partial charge in [-0.2, -0.15) is 13.2 Å². The van der Waals surface area contributed by atoms with E-state index in [2.05, 4.69) is 5.32 Å². The Morgan fingerprint density at radius 3 is 2.32 bits per heavy atom. The number of benzene rings is 1. The Labute approximate surface area is 109 Å². The van der Waals surface area contributed by atoms with Crippen LogP contribution in [0.15, 0.2) is 24.3 Å². The van der Waals surface area contributed by atoms with Crippen molar-refractivity contribution in [2.45, 2.75) is 19.1 Å². The van der Waals surface area contributed by atoms with E-state index in [1.54, 1.807) is 14.0 Å². The fourth-order valence-corrected chi connectivity index (χ4v) is 1.48. The lowest BCUT2D eigenvalue weighted by molar-refractivity contribution is -0.137. The van der Waals surface area contributed by atoms with E-state index in [1.165, 1.54) is 17.0 Å². The van der Waals surface area contributed by atoms with Gasteiger partial charge in [0.25, 0.3) is 0 Å². The molecule has 0 aliphatic heterocycles. The Morgan fingerprint density at radius 1 is 1.37 bits per heavy atom. The van der Waals surface area contributed by atoms with E-state index in [-0.39, 0.29) is 6.04 Å². The topological polar surface area (TPSA) is 58.4 Å². The number of nitrogens with two attached hydrogens (primary N) is 1. The maximum absolute atomic E-state index is 12.3. The van der Waals surface area contributed by atoms with E-state index in [0.29, 0.717) is 12.2 Å². The molecule has 106 valence electrons. The highest BCUT2D eigenvalue weighted by Crippen LogP contribution is 2.29. The highest BCUT2D eigenvalue weighted by molar-refractivity contribution is 5.89. The van der Waals surface area contributed by atoms with Crippen molar-refractivity contribution in [1.82, 2.24) is 4.90 Å². The van der Waals surface area contributed by atoms with Gasteiger partial charge in [-0.3, -0.25) is 0 Å². The predicted octanol–water partition coefficient (Wildman–Crippen LogP) is 2.52. The van der Waals surface area contributed by atoms with Crippen LogP contribution < -0.4 is 11.1 Å². The molecule has 0 aliphatic carbocycles. The van der Waals surface area contributed by atoms with Crippen LogP contribution in [0.2, 0.25) is 0 Å². The first-order chi connectivity index (χ1) is 8.70. The highest BCUT2D eigenvalue weighted by Gasteiger charge is 2.30. The summed E-state index contributed by atoms with van der Waals surface area (Å²) in [4.78, 5) is 13.0. The lowest BCUT2D eigenvalue weighted by atomic mass is 10.2. The number of nitrogens with one attached hydrogen (secondary N) is 1. The zero-order chi connectivity index (χ0) is 14.6. The van der Waals surface area contributed by atoms with Gasteiger partial charge in [-0.25, -0.2) is 4.79 Å². The molecule has 0 spiro atoms. The van der Waals surface area contributed by atoms with Crippen molar-refractivity contribution < 1.29 is 18.0 Å². The summed E-state index contributed by atoms with van der Waals surface area (Å²) in [5.41, 5.74) is 5.09. The maximum Gasteiger partial charge on any atom is 0.416 e. The van der Waals surface area contributed by atoms with Crippen molar-refractivity contribution in [2.24, 2.45) is 5.73 Å². The van der Waals surface area contributed by atoms with Crippen LogP contribution in [-0.4, -0.2) is 30.6 Å². The Morgan fingerprint density at radius 2 is 1.89 bits per heavy atom. The number of halogens is 3. The Balaban J connectivity index is 2.66. The number of nitrogens with zero attached hydrogens (tertiary/aromatic N) is 1. The standard InChI is InChI=1S/C12H16F3N3O/c1-8(16)7-18(2)11(19)17-10-5-3-9(4-6-10)12(13,14)15/h3-6,8H,7,16H2,1-2H3,(H,17,19). The second kappa shape index (κ2) is 5.92. The molecule has 1 atom stereocenters. The average molecular weight is 275 g/mol. The molecule has 4 nitrogen and oxygen atoms in total. The molecule has 3 N–H and O–H groups in total. The molecule has 0 saturated heterocycles. The number of carbonyl (C=O) groups excluding carboxylic acids is 1. The minimum absolute atomic E-state index is 0.177. The zero-order valence-electron chi connectivity index (χ0n) is 10.7. The van der Waals surface area contributed by atoms with Gasteiger partial charge in [0.05, 0.1) is 5.56 Å². The van der Waals surface area contributed by atoms with Gasteiger partial charge in [0, 0.05) is 25.3 Å². The predicted molar refractivity (Wildman–Crippen MR) is 66.7 cm³/mol. The molecule has 0 bridgehead atoms. The van der Waals surface area contributed by atoms with Gasteiger partial charge in [-0.1, -0.05) is 0 Å². The summed E-state index contributed by atoms with van der Waals surface area (Å²) in [5, 5.41) is 2.49. The average Bonchev–Trinajstić information content (AvgIpc) is 2.27. The van der Waals surface area contributed by atoms with E-state index in [4.69, 9.17) is 5.73 Å². The normalized spacial score (nSPS) is 12.9. The second-order valence-corrected chi connectivity index (χ2v) is 4.36. The van der Waals surface area contributed by atoms with Crippen molar-refractivity contribution in [2.75, 3.05) is 18.9 Å². The van der Waals surface area contributed by atoms with Gasteiger partial charge in [0.2, 0.25) is 0 Å². The molecule has 0 heterocycles. The second-order valence-electron chi connectivity index (χ2n) is 4.36. The summed E-state index contributed by atoms with van der Waals surface area (Å²) in [5.74, 6) is 0. The third kappa shape index (κ3) is 4.78.